The van der Waals surface area contributed by atoms with Crippen molar-refractivity contribution in [2.45, 2.75) is 26.4 Å². The molecular formula is C13H22O3. The minimum Gasteiger partial charge on any atom is -0.491 e. The third kappa shape index (κ3) is 8.26. The van der Waals surface area contributed by atoms with E-state index >= 15 is 0 Å². The van der Waals surface area contributed by atoms with E-state index in [-0.39, 0.29) is 6.61 Å². The summed E-state index contributed by atoms with van der Waals surface area (Å²) in [5.41, 5.74) is 0. The molecule has 1 unspecified atom stereocenters. The normalized spacial score (nSPS) is 11.2. The van der Waals surface area contributed by atoms with E-state index in [9.17, 15) is 5.11 Å². The van der Waals surface area contributed by atoms with Crippen LogP contribution in [0.1, 0.15) is 20.3 Å². The smallest absolute Gasteiger partial charge is 0.119 e. The molecule has 0 spiro atoms. The van der Waals surface area contributed by atoms with Gasteiger partial charge in [0, 0.05) is 7.11 Å². The molecule has 0 aliphatic rings. The average Bonchev–Trinajstić information content (AvgIpc) is 2.29. The fourth-order valence-corrected chi connectivity index (χ4v) is 0.950. The van der Waals surface area contributed by atoms with Gasteiger partial charge in [-0.1, -0.05) is 38.5 Å². The molecule has 0 radical (unpaired) electrons. The molecule has 0 bridgehead atoms. The molecule has 0 heterocycles. The molecule has 3 nitrogen and oxygen atoms in total. The highest BCUT2D eigenvalue weighted by Gasteiger charge is 2.03. The number of hydrogen-bond donors (Lipinski definition) is 1. The molecule has 16 heavy (non-hydrogen) atoms. The number of para-hydroxylation sites is 1. The van der Waals surface area contributed by atoms with Crippen LogP contribution in [0.4, 0.5) is 0 Å². The van der Waals surface area contributed by atoms with Gasteiger partial charge in [0.1, 0.15) is 18.5 Å². The Hall–Kier alpha value is -1.06. The fourth-order valence-electron chi connectivity index (χ4n) is 0.950. The first-order valence-electron chi connectivity index (χ1n) is 5.59. The summed E-state index contributed by atoms with van der Waals surface area (Å²) in [7, 11) is 1.55. The van der Waals surface area contributed by atoms with E-state index in [1.54, 1.807) is 7.11 Å². The summed E-state index contributed by atoms with van der Waals surface area (Å²) in [4.78, 5) is 0. The zero-order valence-corrected chi connectivity index (χ0v) is 10.3. The first kappa shape index (κ1) is 14.9. The average molecular weight is 226 g/mol. The lowest BCUT2D eigenvalue weighted by Crippen LogP contribution is -2.22. The Morgan fingerprint density at radius 3 is 2.19 bits per heavy atom. The predicted octanol–water partition coefficient (Wildman–Crippen LogP) is 2.49. The highest BCUT2D eigenvalue weighted by molar-refractivity contribution is 5.20. The van der Waals surface area contributed by atoms with E-state index in [2.05, 4.69) is 13.8 Å². The molecule has 0 fully saturated rings. The van der Waals surface area contributed by atoms with Gasteiger partial charge in [-0.15, -0.1) is 0 Å². The lowest BCUT2D eigenvalue weighted by molar-refractivity contribution is 0.0325. The van der Waals surface area contributed by atoms with Crippen molar-refractivity contribution < 1.29 is 14.6 Å². The van der Waals surface area contributed by atoms with E-state index < -0.39 is 6.10 Å². The highest BCUT2D eigenvalue weighted by Crippen LogP contribution is 2.08. The minimum absolute atomic E-state index is 0.262. The molecule has 1 aromatic carbocycles. The largest absolute Gasteiger partial charge is 0.491 e. The lowest BCUT2D eigenvalue weighted by Gasteiger charge is -2.10. The van der Waals surface area contributed by atoms with Crippen molar-refractivity contribution in [1.82, 2.24) is 0 Å². The predicted molar refractivity (Wildman–Crippen MR) is 65.8 cm³/mol. The van der Waals surface area contributed by atoms with Crippen molar-refractivity contribution in [1.29, 1.82) is 0 Å². The Labute approximate surface area is 98.0 Å². The van der Waals surface area contributed by atoms with Crippen LogP contribution >= 0.6 is 0 Å². The molecule has 92 valence electrons. The molecule has 0 aliphatic heterocycles. The fraction of sp³-hybridized carbons (Fsp3) is 0.538. The van der Waals surface area contributed by atoms with Crippen LogP contribution in [0.5, 0.6) is 5.75 Å². The quantitative estimate of drug-likeness (QED) is 0.838. The second-order valence-corrected chi connectivity index (χ2v) is 3.44. The molecule has 1 aromatic rings. The zero-order valence-electron chi connectivity index (χ0n) is 10.3. The monoisotopic (exact) mass is 226 g/mol. The van der Waals surface area contributed by atoms with Crippen molar-refractivity contribution in [3.05, 3.63) is 30.3 Å². The van der Waals surface area contributed by atoms with E-state index in [0.29, 0.717) is 6.61 Å². The van der Waals surface area contributed by atoms with Crippen LogP contribution in [0.3, 0.4) is 0 Å². The highest BCUT2D eigenvalue weighted by atomic mass is 16.5. The molecule has 0 saturated heterocycles. The maximum atomic E-state index is 9.26. The summed E-state index contributed by atoms with van der Waals surface area (Å²) < 4.78 is 10.1. The topological polar surface area (TPSA) is 38.7 Å². The van der Waals surface area contributed by atoms with Gasteiger partial charge in [-0.3, -0.25) is 0 Å². The molecule has 0 saturated carbocycles. The summed E-state index contributed by atoms with van der Waals surface area (Å²) in [5.74, 6) is 0.762. The Morgan fingerprint density at radius 2 is 1.69 bits per heavy atom. The van der Waals surface area contributed by atoms with Gasteiger partial charge in [-0.05, 0) is 12.1 Å². The third-order valence-corrected chi connectivity index (χ3v) is 1.54. The van der Waals surface area contributed by atoms with Gasteiger partial charge in [0.05, 0.1) is 6.61 Å². The molecule has 0 aromatic heterocycles. The van der Waals surface area contributed by atoms with E-state index in [1.807, 2.05) is 30.3 Å². The Morgan fingerprint density at radius 1 is 1.12 bits per heavy atom. The SMILES string of the molecule is CCC.COCC(O)COc1ccccc1. The summed E-state index contributed by atoms with van der Waals surface area (Å²) in [6, 6.07) is 9.38. The van der Waals surface area contributed by atoms with E-state index in [1.165, 1.54) is 6.42 Å². The molecule has 1 N–H and O–H groups in total. The molecule has 0 aliphatic carbocycles. The molecule has 0 amide bonds. The lowest BCUT2D eigenvalue weighted by atomic mass is 10.3. The zero-order chi connectivity index (χ0) is 12.2. The van der Waals surface area contributed by atoms with Crippen molar-refractivity contribution in [3.8, 4) is 5.75 Å². The number of methoxy groups -OCH3 is 1. The Balaban J connectivity index is 0.000000673. The number of ether oxygens (including phenoxy) is 2. The van der Waals surface area contributed by atoms with Gasteiger partial charge in [-0.2, -0.15) is 0 Å². The minimum atomic E-state index is -0.565. The number of aliphatic hydroxyl groups excluding tert-OH is 1. The van der Waals surface area contributed by atoms with Crippen molar-refractivity contribution in [3.63, 3.8) is 0 Å². The van der Waals surface area contributed by atoms with Crippen LogP contribution in [-0.4, -0.2) is 31.5 Å². The maximum absolute atomic E-state index is 9.26. The first-order valence-corrected chi connectivity index (χ1v) is 5.59. The van der Waals surface area contributed by atoms with Gasteiger partial charge in [0.2, 0.25) is 0 Å². The van der Waals surface area contributed by atoms with E-state index in [4.69, 9.17) is 9.47 Å². The number of benzene rings is 1. The van der Waals surface area contributed by atoms with Crippen molar-refractivity contribution >= 4 is 0 Å². The van der Waals surface area contributed by atoms with Crippen LogP contribution in [0.15, 0.2) is 30.3 Å². The second-order valence-electron chi connectivity index (χ2n) is 3.44. The number of aliphatic hydroxyl groups is 1. The summed E-state index contributed by atoms with van der Waals surface area (Å²) >= 11 is 0. The van der Waals surface area contributed by atoms with Gasteiger partial charge < -0.3 is 14.6 Å². The van der Waals surface area contributed by atoms with Crippen molar-refractivity contribution in [2.75, 3.05) is 20.3 Å². The molecule has 3 heteroatoms. The third-order valence-electron chi connectivity index (χ3n) is 1.54. The van der Waals surface area contributed by atoms with Gasteiger partial charge in [-0.25, -0.2) is 0 Å². The van der Waals surface area contributed by atoms with Gasteiger partial charge in [0.15, 0.2) is 0 Å². The number of hydrogen-bond acceptors (Lipinski definition) is 3. The van der Waals surface area contributed by atoms with Gasteiger partial charge >= 0.3 is 0 Å². The first-order chi connectivity index (χ1) is 7.74. The van der Waals surface area contributed by atoms with E-state index in [0.717, 1.165) is 5.75 Å². The maximum Gasteiger partial charge on any atom is 0.119 e. The molecular weight excluding hydrogens is 204 g/mol. The summed E-state index contributed by atoms with van der Waals surface area (Å²) in [5, 5.41) is 9.26. The Bertz CT molecular complexity index is 236. The Kier molecular flexibility index (Phi) is 9.76. The molecule has 1 atom stereocenters. The van der Waals surface area contributed by atoms with Gasteiger partial charge in [0.25, 0.3) is 0 Å². The number of rotatable bonds is 5. The van der Waals surface area contributed by atoms with Crippen LogP contribution < -0.4 is 4.74 Å². The van der Waals surface area contributed by atoms with Crippen molar-refractivity contribution in [2.24, 2.45) is 0 Å². The van der Waals surface area contributed by atoms with Crippen LogP contribution in [0, 0.1) is 0 Å². The standard InChI is InChI=1S/C10H14O3.C3H8/c1-12-7-9(11)8-13-10-5-3-2-4-6-10;1-3-2/h2-6,9,11H,7-8H2,1H3;3H2,1-2H3. The second kappa shape index (κ2) is 10.5. The van der Waals surface area contributed by atoms with Crippen LogP contribution in [-0.2, 0) is 4.74 Å². The van der Waals surface area contributed by atoms with Crippen LogP contribution in [0.2, 0.25) is 0 Å². The summed E-state index contributed by atoms with van der Waals surface area (Å²) in [6.07, 6.45) is 0.685. The van der Waals surface area contributed by atoms with Crippen LogP contribution in [0.25, 0.3) is 0 Å². The summed E-state index contributed by atoms with van der Waals surface area (Å²) in [6.45, 7) is 4.81. The molecule has 1 rings (SSSR count).